The van der Waals surface area contributed by atoms with E-state index in [1.807, 2.05) is 0 Å². The average molecular weight is 372 g/mol. The summed E-state index contributed by atoms with van der Waals surface area (Å²) in [7, 11) is 0.300. The number of hydrogen-bond acceptors (Lipinski definition) is 7. The highest BCUT2D eigenvalue weighted by atomic mass is 32.2. The first-order valence-electron chi connectivity index (χ1n) is 7.87. The molecular formula is C16H24N2O6S. The normalized spacial score (nSPS) is 20.4. The number of rotatable bonds is 8. The molecule has 0 aromatic heterocycles. The minimum atomic E-state index is -3.89. The van der Waals surface area contributed by atoms with Gasteiger partial charge in [-0.1, -0.05) is 0 Å². The molecule has 0 spiro atoms. The number of sulfonamides is 1. The van der Waals surface area contributed by atoms with Crippen molar-refractivity contribution >= 4 is 16.0 Å². The Balaban J connectivity index is 2.27. The van der Waals surface area contributed by atoms with E-state index in [0.717, 1.165) is 19.4 Å². The molecule has 1 fully saturated rings. The van der Waals surface area contributed by atoms with Gasteiger partial charge in [0.2, 0.25) is 10.0 Å². The second kappa shape index (κ2) is 8.13. The van der Waals surface area contributed by atoms with Crippen LogP contribution >= 0.6 is 0 Å². The van der Waals surface area contributed by atoms with E-state index in [4.69, 9.17) is 9.47 Å². The van der Waals surface area contributed by atoms with Crippen molar-refractivity contribution in [2.45, 2.75) is 23.3 Å². The van der Waals surface area contributed by atoms with Crippen LogP contribution in [-0.4, -0.2) is 61.0 Å². The van der Waals surface area contributed by atoms with Crippen LogP contribution in [0.15, 0.2) is 23.1 Å². The van der Waals surface area contributed by atoms with Gasteiger partial charge in [-0.05, 0) is 37.6 Å². The highest BCUT2D eigenvalue weighted by Gasteiger charge is 2.35. The van der Waals surface area contributed by atoms with Gasteiger partial charge in [0, 0.05) is 13.7 Å². The number of hydrogen-bond donors (Lipinski definition) is 2. The molecule has 0 saturated carbocycles. The molecule has 1 unspecified atom stereocenters. The summed E-state index contributed by atoms with van der Waals surface area (Å²) in [5, 5.41) is 3.31. The molecule has 0 radical (unpaired) electrons. The lowest BCUT2D eigenvalue weighted by atomic mass is 9.99. The molecule has 1 saturated heterocycles. The van der Waals surface area contributed by atoms with Gasteiger partial charge in [0.15, 0.2) is 0 Å². The van der Waals surface area contributed by atoms with E-state index in [1.54, 1.807) is 7.11 Å². The van der Waals surface area contributed by atoms with Gasteiger partial charge in [0.25, 0.3) is 0 Å². The van der Waals surface area contributed by atoms with Gasteiger partial charge >= 0.3 is 5.97 Å². The molecule has 0 aliphatic carbocycles. The molecular weight excluding hydrogens is 348 g/mol. The average Bonchev–Trinajstić information content (AvgIpc) is 3.08. The minimum absolute atomic E-state index is 0.108. The highest BCUT2D eigenvalue weighted by molar-refractivity contribution is 7.89. The van der Waals surface area contributed by atoms with E-state index < -0.39 is 21.5 Å². The van der Waals surface area contributed by atoms with E-state index in [2.05, 4.69) is 14.8 Å². The topological polar surface area (TPSA) is 103 Å². The molecule has 0 amide bonds. The van der Waals surface area contributed by atoms with Gasteiger partial charge in [-0.2, -0.15) is 0 Å². The lowest BCUT2D eigenvalue weighted by molar-refractivity contribution is 0.0600. The largest absolute Gasteiger partial charge is 0.495 e. The Bertz CT molecular complexity index is 713. The van der Waals surface area contributed by atoms with Crippen molar-refractivity contribution in [3.63, 3.8) is 0 Å². The first-order valence-corrected chi connectivity index (χ1v) is 9.36. The summed E-state index contributed by atoms with van der Waals surface area (Å²) in [6.45, 7) is 1.38. The molecule has 1 aromatic rings. The van der Waals surface area contributed by atoms with E-state index in [1.165, 1.54) is 32.4 Å². The van der Waals surface area contributed by atoms with Gasteiger partial charge in [0.05, 0.1) is 31.9 Å². The molecule has 2 N–H and O–H groups in total. The molecule has 8 nitrogen and oxygen atoms in total. The van der Waals surface area contributed by atoms with E-state index in [0.29, 0.717) is 6.61 Å². The van der Waals surface area contributed by atoms with Crippen molar-refractivity contribution in [3.8, 4) is 5.75 Å². The van der Waals surface area contributed by atoms with Crippen LogP contribution < -0.4 is 14.8 Å². The summed E-state index contributed by atoms with van der Waals surface area (Å²) in [6, 6.07) is 4.13. The number of esters is 1. The maximum atomic E-state index is 12.8. The summed E-state index contributed by atoms with van der Waals surface area (Å²) in [5.41, 5.74) is -0.302. The molecule has 1 atom stereocenters. The zero-order valence-electron chi connectivity index (χ0n) is 14.6. The van der Waals surface area contributed by atoms with E-state index in [-0.39, 0.29) is 22.8 Å². The lowest BCUT2D eigenvalue weighted by Crippen LogP contribution is -2.52. The number of ether oxygens (including phenoxy) is 3. The number of benzene rings is 1. The Labute approximate surface area is 147 Å². The van der Waals surface area contributed by atoms with Crippen molar-refractivity contribution in [3.05, 3.63) is 23.8 Å². The van der Waals surface area contributed by atoms with Crippen molar-refractivity contribution in [1.82, 2.24) is 10.0 Å². The van der Waals surface area contributed by atoms with Gasteiger partial charge in [-0.25, -0.2) is 17.9 Å². The molecule has 0 bridgehead atoms. The van der Waals surface area contributed by atoms with Gasteiger partial charge < -0.3 is 19.5 Å². The monoisotopic (exact) mass is 372 g/mol. The SMILES string of the molecule is COCC1(CNS(=O)(=O)c2cc(C(=O)OC)ccc2OC)CCCN1. The maximum absolute atomic E-state index is 12.8. The van der Waals surface area contributed by atoms with Crippen LogP contribution in [0.25, 0.3) is 0 Å². The van der Waals surface area contributed by atoms with Crippen molar-refractivity contribution in [2.75, 3.05) is 41.0 Å². The number of carbonyl (C=O) groups is 1. The summed E-state index contributed by atoms with van der Waals surface area (Å²) < 4.78 is 43.1. The number of nitrogens with one attached hydrogen (secondary N) is 2. The maximum Gasteiger partial charge on any atom is 0.337 e. The highest BCUT2D eigenvalue weighted by Crippen LogP contribution is 2.26. The van der Waals surface area contributed by atoms with Crippen LogP contribution in [-0.2, 0) is 19.5 Å². The zero-order chi connectivity index (χ0) is 18.5. The van der Waals surface area contributed by atoms with Gasteiger partial charge in [-0.3, -0.25) is 0 Å². The Morgan fingerprint density at radius 3 is 2.64 bits per heavy atom. The van der Waals surface area contributed by atoms with E-state index in [9.17, 15) is 13.2 Å². The minimum Gasteiger partial charge on any atom is -0.495 e. The van der Waals surface area contributed by atoms with Crippen LogP contribution in [0.2, 0.25) is 0 Å². The fraction of sp³-hybridized carbons (Fsp3) is 0.562. The zero-order valence-corrected chi connectivity index (χ0v) is 15.4. The van der Waals surface area contributed by atoms with E-state index >= 15 is 0 Å². The molecule has 1 heterocycles. The third kappa shape index (κ3) is 4.49. The van der Waals surface area contributed by atoms with Crippen molar-refractivity contribution in [1.29, 1.82) is 0 Å². The first-order chi connectivity index (χ1) is 11.9. The Kier molecular flexibility index (Phi) is 6.39. The quantitative estimate of drug-likeness (QED) is 0.642. The third-order valence-corrected chi connectivity index (χ3v) is 5.65. The number of methoxy groups -OCH3 is 3. The Morgan fingerprint density at radius 1 is 1.32 bits per heavy atom. The van der Waals surface area contributed by atoms with Gasteiger partial charge in [0.1, 0.15) is 10.6 Å². The van der Waals surface area contributed by atoms with Crippen LogP contribution in [0.3, 0.4) is 0 Å². The smallest absolute Gasteiger partial charge is 0.337 e. The fourth-order valence-corrected chi connectivity index (χ4v) is 4.23. The standard InChI is InChI=1S/C16H24N2O6S/c1-22-11-16(7-4-8-17-16)10-18-25(20,21)14-9-12(15(19)24-3)5-6-13(14)23-2/h5-6,9,17-18H,4,7-8,10-11H2,1-3H3. The second-order valence-electron chi connectivity index (χ2n) is 5.93. The van der Waals surface area contributed by atoms with Crippen molar-refractivity contribution in [2.24, 2.45) is 0 Å². The van der Waals surface area contributed by atoms with Crippen LogP contribution in [0, 0.1) is 0 Å². The Morgan fingerprint density at radius 2 is 2.08 bits per heavy atom. The molecule has 1 aliphatic heterocycles. The predicted octanol–water partition coefficient (Wildman–Crippen LogP) is 0.529. The summed E-state index contributed by atoms with van der Waals surface area (Å²) in [6.07, 6.45) is 1.76. The summed E-state index contributed by atoms with van der Waals surface area (Å²) >= 11 is 0. The van der Waals surface area contributed by atoms with Crippen LogP contribution in [0.4, 0.5) is 0 Å². The fourth-order valence-electron chi connectivity index (χ4n) is 2.91. The van der Waals surface area contributed by atoms with Crippen molar-refractivity contribution < 1.29 is 27.4 Å². The third-order valence-electron chi connectivity index (χ3n) is 4.23. The Hall–Kier alpha value is -1.68. The van der Waals surface area contributed by atoms with Crippen LogP contribution in [0.5, 0.6) is 5.75 Å². The molecule has 1 aliphatic rings. The molecule has 9 heteroatoms. The second-order valence-corrected chi connectivity index (χ2v) is 7.66. The summed E-state index contributed by atoms with van der Waals surface area (Å²) in [5.74, 6) is -0.465. The molecule has 25 heavy (non-hydrogen) atoms. The summed E-state index contributed by atoms with van der Waals surface area (Å²) in [4.78, 5) is 11.6. The molecule has 140 valence electrons. The lowest BCUT2D eigenvalue weighted by Gasteiger charge is -2.29. The molecule has 1 aromatic carbocycles. The van der Waals surface area contributed by atoms with Gasteiger partial charge in [-0.15, -0.1) is 0 Å². The van der Waals surface area contributed by atoms with Crippen LogP contribution in [0.1, 0.15) is 23.2 Å². The first kappa shape index (κ1) is 19.6. The molecule has 2 rings (SSSR count). The number of carbonyl (C=O) groups excluding carboxylic acids is 1. The predicted molar refractivity (Wildman–Crippen MR) is 91.4 cm³/mol.